The minimum atomic E-state index is -0.433. The Labute approximate surface area is 118 Å². The lowest BCUT2D eigenvalue weighted by Gasteiger charge is -2.16. The minimum absolute atomic E-state index is 0.0122. The Balaban J connectivity index is 1.95. The van der Waals surface area contributed by atoms with E-state index in [4.69, 9.17) is 11.6 Å². The molecule has 4 nitrogen and oxygen atoms in total. The van der Waals surface area contributed by atoms with Crippen molar-refractivity contribution in [2.75, 3.05) is 0 Å². The maximum absolute atomic E-state index is 10.8. The first kappa shape index (κ1) is 14.3. The van der Waals surface area contributed by atoms with E-state index in [1.807, 2.05) is 6.07 Å². The summed E-state index contributed by atoms with van der Waals surface area (Å²) in [5, 5.41) is 14.5. The van der Waals surface area contributed by atoms with E-state index in [2.05, 4.69) is 5.32 Å². The van der Waals surface area contributed by atoms with Gasteiger partial charge in [0.05, 0.1) is 4.92 Å². The van der Waals surface area contributed by atoms with Crippen LogP contribution >= 0.6 is 11.6 Å². The SMILES string of the molecule is O=[N+]([O-])c1cc(CNC2CCCCCC2)ccc1Cl. The van der Waals surface area contributed by atoms with E-state index in [0.717, 1.165) is 5.56 Å². The molecule has 0 bridgehead atoms. The lowest BCUT2D eigenvalue weighted by atomic mass is 10.1. The molecule has 0 unspecified atom stereocenters. The maximum atomic E-state index is 10.8. The number of nitro benzene ring substituents is 1. The number of nitrogens with zero attached hydrogens (tertiary/aromatic N) is 1. The summed E-state index contributed by atoms with van der Waals surface area (Å²) in [6.45, 7) is 0.669. The van der Waals surface area contributed by atoms with Crippen LogP contribution in [0.4, 0.5) is 5.69 Å². The Morgan fingerprint density at radius 1 is 1.26 bits per heavy atom. The first-order valence-electron chi connectivity index (χ1n) is 6.83. The van der Waals surface area contributed by atoms with E-state index in [-0.39, 0.29) is 10.7 Å². The molecule has 0 atom stereocenters. The van der Waals surface area contributed by atoms with Crippen molar-refractivity contribution in [1.29, 1.82) is 0 Å². The van der Waals surface area contributed by atoms with Gasteiger partial charge in [0, 0.05) is 18.7 Å². The van der Waals surface area contributed by atoms with Gasteiger partial charge in [0.2, 0.25) is 0 Å². The standard InChI is InChI=1S/C14H19ClN2O2/c15-13-8-7-11(9-14(13)17(18)19)10-16-12-5-3-1-2-4-6-12/h7-9,12,16H,1-6,10H2. The van der Waals surface area contributed by atoms with Crippen LogP contribution in [-0.4, -0.2) is 11.0 Å². The Morgan fingerprint density at radius 2 is 1.95 bits per heavy atom. The third-order valence-corrected chi connectivity index (χ3v) is 3.98. The van der Waals surface area contributed by atoms with Crippen LogP contribution in [0.25, 0.3) is 0 Å². The lowest BCUT2D eigenvalue weighted by molar-refractivity contribution is -0.384. The summed E-state index contributed by atoms with van der Waals surface area (Å²) in [5.74, 6) is 0. The third-order valence-electron chi connectivity index (χ3n) is 3.66. The maximum Gasteiger partial charge on any atom is 0.288 e. The predicted molar refractivity (Wildman–Crippen MR) is 76.4 cm³/mol. The molecule has 0 aromatic heterocycles. The molecule has 0 amide bonds. The molecule has 0 spiro atoms. The van der Waals surface area contributed by atoms with E-state index in [9.17, 15) is 10.1 Å². The van der Waals surface area contributed by atoms with E-state index >= 15 is 0 Å². The van der Waals surface area contributed by atoms with Crippen molar-refractivity contribution in [3.8, 4) is 0 Å². The summed E-state index contributed by atoms with van der Waals surface area (Å²) < 4.78 is 0. The normalized spacial score (nSPS) is 17.1. The molecule has 19 heavy (non-hydrogen) atoms. The Bertz CT molecular complexity index is 443. The number of benzene rings is 1. The lowest BCUT2D eigenvalue weighted by Crippen LogP contribution is -2.27. The number of halogens is 1. The second-order valence-electron chi connectivity index (χ2n) is 5.11. The fourth-order valence-corrected chi connectivity index (χ4v) is 2.74. The molecule has 1 aromatic rings. The zero-order valence-corrected chi connectivity index (χ0v) is 11.7. The zero-order chi connectivity index (χ0) is 13.7. The molecule has 0 heterocycles. The molecule has 1 fully saturated rings. The molecule has 0 saturated heterocycles. The van der Waals surface area contributed by atoms with Crippen molar-refractivity contribution in [2.24, 2.45) is 0 Å². The summed E-state index contributed by atoms with van der Waals surface area (Å²) in [5.41, 5.74) is 0.905. The van der Waals surface area contributed by atoms with Gasteiger partial charge in [-0.05, 0) is 24.5 Å². The van der Waals surface area contributed by atoms with Gasteiger partial charge in [0.25, 0.3) is 5.69 Å². The van der Waals surface area contributed by atoms with Gasteiger partial charge >= 0.3 is 0 Å². The van der Waals surface area contributed by atoms with Crippen LogP contribution in [0.15, 0.2) is 18.2 Å². The Morgan fingerprint density at radius 3 is 2.58 bits per heavy atom. The summed E-state index contributed by atoms with van der Waals surface area (Å²) in [6, 6.07) is 5.55. The highest BCUT2D eigenvalue weighted by atomic mass is 35.5. The van der Waals surface area contributed by atoms with Crippen LogP contribution in [0.1, 0.15) is 44.1 Å². The van der Waals surface area contributed by atoms with Gasteiger partial charge < -0.3 is 5.32 Å². The summed E-state index contributed by atoms with van der Waals surface area (Å²) in [4.78, 5) is 10.4. The fraction of sp³-hybridized carbons (Fsp3) is 0.571. The minimum Gasteiger partial charge on any atom is -0.310 e. The number of hydrogen-bond acceptors (Lipinski definition) is 3. The Kier molecular flexibility index (Phi) is 5.16. The molecule has 1 saturated carbocycles. The van der Waals surface area contributed by atoms with E-state index < -0.39 is 4.92 Å². The van der Waals surface area contributed by atoms with E-state index in [1.54, 1.807) is 12.1 Å². The van der Waals surface area contributed by atoms with E-state index in [0.29, 0.717) is 12.6 Å². The smallest absolute Gasteiger partial charge is 0.288 e. The van der Waals surface area contributed by atoms with Gasteiger partial charge in [-0.1, -0.05) is 43.4 Å². The highest BCUT2D eigenvalue weighted by Crippen LogP contribution is 2.25. The van der Waals surface area contributed by atoms with Crippen molar-refractivity contribution in [3.05, 3.63) is 38.9 Å². The van der Waals surface area contributed by atoms with Crippen LogP contribution in [0.3, 0.4) is 0 Å². The second-order valence-corrected chi connectivity index (χ2v) is 5.52. The first-order valence-corrected chi connectivity index (χ1v) is 7.21. The molecule has 104 valence electrons. The zero-order valence-electron chi connectivity index (χ0n) is 10.9. The summed E-state index contributed by atoms with van der Waals surface area (Å²) in [7, 11) is 0. The predicted octanol–water partition coefficient (Wildman–Crippen LogP) is 4.06. The molecule has 1 aliphatic rings. The second kappa shape index (κ2) is 6.87. The molecule has 0 radical (unpaired) electrons. The molecule has 1 aliphatic carbocycles. The third kappa shape index (κ3) is 4.18. The molecular formula is C14H19ClN2O2. The fourth-order valence-electron chi connectivity index (χ4n) is 2.55. The van der Waals surface area contributed by atoms with Crippen molar-refractivity contribution < 1.29 is 4.92 Å². The van der Waals surface area contributed by atoms with Crippen LogP contribution < -0.4 is 5.32 Å². The van der Waals surface area contributed by atoms with Gasteiger partial charge in [0.15, 0.2) is 0 Å². The highest BCUT2D eigenvalue weighted by molar-refractivity contribution is 6.32. The number of nitro groups is 1. The largest absolute Gasteiger partial charge is 0.310 e. The summed E-state index contributed by atoms with van der Waals surface area (Å²) >= 11 is 5.80. The van der Waals surface area contributed by atoms with Crippen LogP contribution in [-0.2, 0) is 6.54 Å². The molecule has 5 heteroatoms. The topological polar surface area (TPSA) is 55.2 Å². The number of nitrogens with one attached hydrogen (secondary N) is 1. The van der Waals surface area contributed by atoms with Gasteiger partial charge in [-0.25, -0.2) is 0 Å². The van der Waals surface area contributed by atoms with Crippen LogP contribution in [0.2, 0.25) is 5.02 Å². The molecule has 2 rings (SSSR count). The van der Waals surface area contributed by atoms with Crippen LogP contribution in [0.5, 0.6) is 0 Å². The van der Waals surface area contributed by atoms with Gasteiger partial charge in [-0.15, -0.1) is 0 Å². The van der Waals surface area contributed by atoms with E-state index in [1.165, 1.54) is 38.5 Å². The van der Waals surface area contributed by atoms with Crippen LogP contribution in [0, 0.1) is 10.1 Å². The van der Waals surface area contributed by atoms with Gasteiger partial charge in [-0.3, -0.25) is 10.1 Å². The van der Waals surface area contributed by atoms with Crippen molar-refractivity contribution in [2.45, 2.75) is 51.1 Å². The first-order chi connectivity index (χ1) is 9.16. The quantitative estimate of drug-likeness (QED) is 0.515. The average Bonchev–Trinajstić information content (AvgIpc) is 2.66. The number of rotatable bonds is 4. The van der Waals surface area contributed by atoms with Crippen molar-refractivity contribution in [1.82, 2.24) is 5.32 Å². The monoisotopic (exact) mass is 282 g/mol. The van der Waals surface area contributed by atoms with Crippen molar-refractivity contribution >= 4 is 17.3 Å². The molecular weight excluding hydrogens is 264 g/mol. The number of hydrogen-bond donors (Lipinski definition) is 1. The van der Waals surface area contributed by atoms with Crippen molar-refractivity contribution in [3.63, 3.8) is 0 Å². The summed E-state index contributed by atoms with van der Waals surface area (Å²) in [6.07, 6.45) is 7.61. The Hall–Kier alpha value is -1.13. The molecule has 0 aliphatic heterocycles. The average molecular weight is 283 g/mol. The highest BCUT2D eigenvalue weighted by Gasteiger charge is 2.14. The van der Waals surface area contributed by atoms with Gasteiger partial charge in [-0.2, -0.15) is 0 Å². The molecule has 1 N–H and O–H groups in total. The van der Waals surface area contributed by atoms with Gasteiger partial charge in [0.1, 0.15) is 5.02 Å². The molecule has 1 aromatic carbocycles.